The monoisotopic (exact) mass is 390 g/mol. The molecule has 1 aromatic heterocycles. The molecule has 7 heteroatoms. The van der Waals surface area contributed by atoms with Crippen LogP contribution in [0, 0.1) is 6.92 Å². The molecular formula is C19H22N2O3S2. The lowest BCUT2D eigenvalue weighted by atomic mass is 10.1. The number of aromatic nitrogens is 1. The first kappa shape index (κ1) is 18.9. The molecule has 2 heterocycles. The number of esters is 1. The fourth-order valence-corrected chi connectivity index (χ4v) is 4.71. The number of thiazole rings is 1. The molecule has 5 nitrogen and oxygen atoms in total. The Morgan fingerprint density at radius 2 is 2.04 bits per heavy atom. The number of likely N-dealkylation sites (tertiary alicyclic amines) is 1. The van der Waals surface area contributed by atoms with E-state index in [1.54, 1.807) is 41.0 Å². The van der Waals surface area contributed by atoms with E-state index >= 15 is 0 Å². The van der Waals surface area contributed by atoms with Crippen molar-refractivity contribution in [2.45, 2.75) is 42.9 Å². The highest BCUT2D eigenvalue weighted by Crippen LogP contribution is 2.27. The van der Waals surface area contributed by atoms with Gasteiger partial charge in [0.15, 0.2) is 6.10 Å². The first-order valence-electron chi connectivity index (χ1n) is 8.67. The van der Waals surface area contributed by atoms with Crippen LogP contribution in [0.15, 0.2) is 34.0 Å². The molecule has 1 atom stereocenters. The van der Waals surface area contributed by atoms with Crippen LogP contribution in [-0.2, 0) is 15.3 Å². The van der Waals surface area contributed by atoms with Gasteiger partial charge in [-0.25, -0.2) is 9.78 Å². The Kier molecular flexibility index (Phi) is 6.32. The summed E-state index contributed by atoms with van der Waals surface area (Å²) >= 11 is 3.19. The van der Waals surface area contributed by atoms with Gasteiger partial charge in [0.1, 0.15) is 4.34 Å². The molecule has 138 valence electrons. The zero-order chi connectivity index (χ0) is 18.5. The minimum atomic E-state index is -0.761. The van der Waals surface area contributed by atoms with Crippen LogP contribution in [0.2, 0.25) is 0 Å². The number of amides is 1. The van der Waals surface area contributed by atoms with Crippen LogP contribution < -0.4 is 0 Å². The second-order valence-electron chi connectivity index (χ2n) is 6.28. The number of carbonyl (C=O) groups excluding carboxylic acids is 2. The van der Waals surface area contributed by atoms with Crippen LogP contribution in [-0.4, -0.2) is 41.0 Å². The summed E-state index contributed by atoms with van der Waals surface area (Å²) in [7, 11) is 0. The molecule has 2 aromatic rings. The number of thioether (sulfide) groups is 1. The molecule has 0 saturated carbocycles. The molecule has 1 fully saturated rings. The second-order valence-corrected chi connectivity index (χ2v) is 8.36. The van der Waals surface area contributed by atoms with E-state index in [-0.39, 0.29) is 5.91 Å². The Bertz CT molecular complexity index is 785. The maximum Gasteiger partial charge on any atom is 0.339 e. The van der Waals surface area contributed by atoms with Gasteiger partial charge >= 0.3 is 5.97 Å². The van der Waals surface area contributed by atoms with Crippen molar-refractivity contribution in [3.8, 4) is 0 Å². The zero-order valence-corrected chi connectivity index (χ0v) is 16.6. The van der Waals surface area contributed by atoms with Gasteiger partial charge in [-0.15, -0.1) is 11.3 Å². The number of carbonyl (C=O) groups is 2. The van der Waals surface area contributed by atoms with Gasteiger partial charge in [0.2, 0.25) is 0 Å². The van der Waals surface area contributed by atoms with E-state index in [1.165, 1.54) is 0 Å². The number of nitrogens with zero attached hydrogens (tertiary/aromatic N) is 2. The number of aryl methyl sites for hydroxylation is 1. The third-order valence-electron chi connectivity index (χ3n) is 4.24. The molecule has 1 aliphatic heterocycles. The summed E-state index contributed by atoms with van der Waals surface area (Å²) in [5.74, 6) is 0.0738. The quantitative estimate of drug-likeness (QED) is 0.553. The molecule has 1 aliphatic rings. The lowest BCUT2D eigenvalue weighted by Gasteiger charge is -2.20. The summed E-state index contributed by atoms with van der Waals surface area (Å²) in [6.07, 6.45) is 1.27. The Hall–Kier alpha value is -1.86. The molecular weight excluding hydrogens is 368 g/mol. The van der Waals surface area contributed by atoms with Crippen LogP contribution in [0.3, 0.4) is 0 Å². The maximum atomic E-state index is 12.6. The number of benzene rings is 1. The van der Waals surface area contributed by atoms with Crippen molar-refractivity contribution in [2.75, 3.05) is 13.1 Å². The molecule has 0 radical (unpaired) electrons. The van der Waals surface area contributed by atoms with Crippen molar-refractivity contribution in [3.05, 3.63) is 46.5 Å². The van der Waals surface area contributed by atoms with E-state index in [4.69, 9.17) is 4.74 Å². The molecule has 3 rings (SSSR count). The van der Waals surface area contributed by atoms with Crippen molar-refractivity contribution in [1.82, 2.24) is 9.88 Å². The standard InChI is InChI=1S/C19H22N2O3S2/c1-13-11-25-19(20-13)26-12-15-7-3-4-8-16(15)18(23)24-14(2)17(22)21-9-5-6-10-21/h3-4,7-8,11,14H,5-6,9-10,12H2,1-2H3/t14-/m1/s1. The molecule has 0 aliphatic carbocycles. The molecule has 1 aromatic carbocycles. The van der Waals surface area contributed by atoms with E-state index in [0.29, 0.717) is 11.3 Å². The average molecular weight is 391 g/mol. The highest BCUT2D eigenvalue weighted by atomic mass is 32.2. The van der Waals surface area contributed by atoms with Crippen LogP contribution in [0.25, 0.3) is 0 Å². The van der Waals surface area contributed by atoms with Crippen molar-refractivity contribution in [1.29, 1.82) is 0 Å². The van der Waals surface area contributed by atoms with E-state index < -0.39 is 12.1 Å². The SMILES string of the molecule is Cc1csc(SCc2ccccc2C(=O)O[C@H](C)C(=O)N2CCCC2)n1. The van der Waals surface area contributed by atoms with E-state index in [9.17, 15) is 9.59 Å². The summed E-state index contributed by atoms with van der Waals surface area (Å²) in [6.45, 7) is 5.11. The summed E-state index contributed by atoms with van der Waals surface area (Å²) < 4.78 is 6.43. The minimum absolute atomic E-state index is 0.110. The Labute approximate surface area is 161 Å². The van der Waals surface area contributed by atoms with Crippen molar-refractivity contribution in [3.63, 3.8) is 0 Å². The molecule has 26 heavy (non-hydrogen) atoms. The Morgan fingerprint density at radius 3 is 2.73 bits per heavy atom. The van der Waals surface area contributed by atoms with E-state index in [0.717, 1.165) is 41.5 Å². The smallest absolute Gasteiger partial charge is 0.339 e. The van der Waals surface area contributed by atoms with Gasteiger partial charge in [-0.05, 0) is 38.3 Å². The third kappa shape index (κ3) is 4.65. The van der Waals surface area contributed by atoms with Crippen LogP contribution in [0.5, 0.6) is 0 Å². The second kappa shape index (κ2) is 8.68. The summed E-state index contributed by atoms with van der Waals surface area (Å²) in [6, 6.07) is 7.37. The Balaban J connectivity index is 1.64. The van der Waals surface area contributed by atoms with E-state index in [2.05, 4.69) is 4.98 Å². The predicted molar refractivity (Wildman–Crippen MR) is 104 cm³/mol. The van der Waals surface area contributed by atoms with Gasteiger partial charge in [-0.1, -0.05) is 30.0 Å². The summed E-state index contributed by atoms with van der Waals surface area (Å²) in [5.41, 5.74) is 2.39. The average Bonchev–Trinajstić information content (AvgIpc) is 3.31. The topological polar surface area (TPSA) is 59.5 Å². The highest BCUT2D eigenvalue weighted by molar-refractivity contribution is 8.00. The number of rotatable bonds is 6. The van der Waals surface area contributed by atoms with Gasteiger partial charge < -0.3 is 9.64 Å². The summed E-state index contributed by atoms with van der Waals surface area (Å²) in [5, 5.41) is 2.01. The number of ether oxygens (including phenoxy) is 1. The van der Waals surface area contributed by atoms with Gasteiger partial charge in [-0.3, -0.25) is 4.79 Å². The zero-order valence-electron chi connectivity index (χ0n) is 14.9. The Morgan fingerprint density at radius 1 is 1.31 bits per heavy atom. The first-order chi connectivity index (χ1) is 12.5. The molecule has 0 spiro atoms. The normalized spacial score (nSPS) is 15.1. The van der Waals surface area contributed by atoms with Crippen LogP contribution >= 0.6 is 23.1 Å². The van der Waals surface area contributed by atoms with Gasteiger partial charge in [0.25, 0.3) is 5.91 Å². The predicted octanol–water partition coefficient (Wildman–Crippen LogP) is 3.91. The van der Waals surface area contributed by atoms with Crippen LogP contribution in [0.1, 0.15) is 41.4 Å². The molecule has 1 saturated heterocycles. The summed E-state index contributed by atoms with van der Waals surface area (Å²) in [4.78, 5) is 31.1. The molecule has 1 amide bonds. The lowest BCUT2D eigenvalue weighted by Crippen LogP contribution is -2.38. The number of hydrogen-bond acceptors (Lipinski definition) is 6. The van der Waals surface area contributed by atoms with Gasteiger partial charge in [0, 0.05) is 29.9 Å². The first-order valence-corrected chi connectivity index (χ1v) is 10.5. The van der Waals surface area contributed by atoms with Crippen molar-refractivity contribution >= 4 is 35.0 Å². The van der Waals surface area contributed by atoms with Crippen molar-refractivity contribution in [2.24, 2.45) is 0 Å². The number of hydrogen-bond donors (Lipinski definition) is 0. The van der Waals surface area contributed by atoms with Gasteiger partial charge in [0.05, 0.1) is 5.56 Å². The highest BCUT2D eigenvalue weighted by Gasteiger charge is 2.26. The maximum absolute atomic E-state index is 12.6. The third-order valence-corrected chi connectivity index (χ3v) is 6.42. The van der Waals surface area contributed by atoms with Gasteiger partial charge in [-0.2, -0.15) is 0 Å². The van der Waals surface area contributed by atoms with Crippen molar-refractivity contribution < 1.29 is 14.3 Å². The van der Waals surface area contributed by atoms with E-state index in [1.807, 2.05) is 30.5 Å². The molecule has 0 bridgehead atoms. The largest absolute Gasteiger partial charge is 0.449 e. The molecule has 0 unspecified atom stereocenters. The van der Waals surface area contributed by atoms with Crippen LogP contribution in [0.4, 0.5) is 0 Å². The molecule has 0 N–H and O–H groups in total. The fourth-order valence-electron chi connectivity index (χ4n) is 2.85. The fraction of sp³-hybridized carbons (Fsp3) is 0.421. The minimum Gasteiger partial charge on any atom is -0.449 e. The lowest BCUT2D eigenvalue weighted by molar-refractivity contribution is -0.138.